The third-order valence-electron chi connectivity index (χ3n) is 2.67. The highest BCUT2D eigenvalue weighted by Gasteiger charge is 2.15. The second kappa shape index (κ2) is 6.13. The smallest absolute Gasteiger partial charge is 0.396 e. The van der Waals surface area contributed by atoms with Crippen LogP contribution in [0.1, 0.15) is 34.6 Å². The molecule has 5 nitrogen and oxygen atoms in total. The number of ether oxygens (including phenoxy) is 1. The monoisotopic (exact) mass is 260 g/mol. The topological polar surface area (TPSA) is 65.2 Å². The molecule has 1 heterocycles. The molecule has 0 aliphatic heterocycles. The molecule has 0 spiro atoms. The number of benzene rings is 1. The lowest BCUT2D eigenvalue weighted by atomic mass is 10.1. The van der Waals surface area contributed by atoms with Crippen molar-refractivity contribution >= 4 is 5.97 Å². The summed E-state index contributed by atoms with van der Waals surface area (Å²) >= 11 is 0. The number of hydrogen-bond donors (Lipinski definition) is 0. The molecule has 1 aromatic carbocycles. The van der Waals surface area contributed by atoms with Gasteiger partial charge in [0.15, 0.2) is 0 Å². The second-order valence-corrected chi connectivity index (χ2v) is 4.21. The summed E-state index contributed by atoms with van der Waals surface area (Å²) in [6, 6.07) is 8.26. The molecule has 0 unspecified atom stereocenters. The summed E-state index contributed by atoms with van der Waals surface area (Å²) in [5.74, 6) is -0.207. The highest BCUT2D eigenvalue weighted by molar-refractivity contribution is 5.83. The van der Waals surface area contributed by atoms with Gasteiger partial charge in [0.25, 0.3) is 0 Å². The van der Waals surface area contributed by atoms with Gasteiger partial charge in [-0.05, 0) is 25.8 Å². The Morgan fingerprint density at radius 2 is 1.95 bits per heavy atom. The first kappa shape index (κ1) is 13.3. The van der Waals surface area contributed by atoms with Crippen LogP contribution in [0.25, 0.3) is 0 Å². The van der Waals surface area contributed by atoms with Crippen LogP contribution in [0.15, 0.2) is 28.7 Å². The first-order valence-electron chi connectivity index (χ1n) is 6.24. The van der Waals surface area contributed by atoms with E-state index in [4.69, 9.17) is 9.15 Å². The molecule has 2 rings (SSSR count). The number of carbonyl (C=O) groups excluding carboxylic acids is 1. The number of carbonyl (C=O) groups is 1. The molecule has 0 atom stereocenters. The van der Waals surface area contributed by atoms with E-state index in [9.17, 15) is 4.79 Å². The standard InChI is InChI=1S/C14H16N2O3/c1-3-18-14(17)13-16-15-12(19-13)9-8-11-6-4-10(2)5-7-11/h4-7H,3,8-9H2,1-2H3. The van der Waals surface area contributed by atoms with Crippen LogP contribution in [0.2, 0.25) is 0 Å². The zero-order valence-corrected chi connectivity index (χ0v) is 11.0. The Bertz CT molecular complexity index is 546. The van der Waals surface area contributed by atoms with Crippen LogP contribution in [0.4, 0.5) is 0 Å². The van der Waals surface area contributed by atoms with Crippen LogP contribution in [-0.4, -0.2) is 22.8 Å². The average molecular weight is 260 g/mol. The van der Waals surface area contributed by atoms with Crippen molar-refractivity contribution in [2.45, 2.75) is 26.7 Å². The molecule has 0 radical (unpaired) electrons. The molecule has 19 heavy (non-hydrogen) atoms. The van der Waals surface area contributed by atoms with E-state index in [1.54, 1.807) is 6.92 Å². The van der Waals surface area contributed by atoms with Gasteiger partial charge in [0.05, 0.1) is 6.61 Å². The zero-order chi connectivity index (χ0) is 13.7. The molecule has 0 aliphatic carbocycles. The van der Waals surface area contributed by atoms with E-state index in [1.165, 1.54) is 11.1 Å². The molecule has 100 valence electrons. The van der Waals surface area contributed by atoms with Gasteiger partial charge in [-0.15, -0.1) is 10.2 Å². The van der Waals surface area contributed by atoms with Crippen LogP contribution >= 0.6 is 0 Å². The number of rotatable bonds is 5. The predicted molar refractivity (Wildman–Crippen MR) is 68.8 cm³/mol. The Labute approximate surface area is 111 Å². The molecule has 0 N–H and O–H groups in total. The van der Waals surface area contributed by atoms with Gasteiger partial charge in [0.2, 0.25) is 5.89 Å². The van der Waals surface area contributed by atoms with Crippen molar-refractivity contribution in [1.82, 2.24) is 10.2 Å². The number of nitrogens with zero attached hydrogens (tertiary/aromatic N) is 2. The lowest BCUT2D eigenvalue weighted by molar-refractivity contribution is 0.0478. The first-order valence-corrected chi connectivity index (χ1v) is 6.24. The fourth-order valence-electron chi connectivity index (χ4n) is 1.64. The quantitative estimate of drug-likeness (QED) is 0.772. The van der Waals surface area contributed by atoms with Gasteiger partial charge in [0.1, 0.15) is 0 Å². The SMILES string of the molecule is CCOC(=O)c1nnc(CCc2ccc(C)cc2)o1. The molecule has 0 aliphatic rings. The van der Waals surface area contributed by atoms with Crippen molar-refractivity contribution in [2.75, 3.05) is 6.61 Å². The summed E-state index contributed by atoms with van der Waals surface area (Å²) < 4.78 is 10.0. The number of hydrogen-bond acceptors (Lipinski definition) is 5. The summed E-state index contributed by atoms with van der Waals surface area (Å²) in [6.07, 6.45) is 1.40. The second-order valence-electron chi connectivity index (χ2n) is 4.21. The van der Waals surface area contributed by atoms with Gasteiger partial charge >= 0.3 is 11.9 Å². The van der Waals surface area contributed by atoms with Crippen molar-refractivity contribution in [3.05, 3.63) is 47.2 Å². The van der Waals surface area contributed by atoms with E-state index in [-0.39, 0.29) is 5.89 Å². The van der Waals surface area contributed by atoms with Crippen LogP contribution in [0.3, 0.4) is 0 Å². The van der Waals surface area contributed by atoms with E-state index in [0.717, 1.165) is 6.42 Å². The summed E-state index contributed by atoms with van der Waals surface area (Å²) in [5.41, 5.74) is 2.42. The van der Waals surface area contributed by atoms with Gasteiger partial charge in [-0.1, -0.05) is 29.8 Å². The summed E-state index contributed by atoms with van der Waals surface area (Å²) in [5, 5.41) is 7.50. The Hall–Kier alpha value is -2.17. The maximum atomic E-state index is 11.4. The Kier molecular flexibility index (Phi) is 4.28. The molecular formula is C14H16N2O3. The maximum Gasteiger partial charge on any atom is 0.396 e. The molecule has 0 fully saturated rings. The van der Waals surface area contributed by atoms with E-state index in [0.29, 0.717) is 18.9 Å². The lowest BCUT2D eigenvalue weighted by Gasteiger charge is -1.99. The Morgan fingerprint density at radius 3 is 2.63 bits per heavy atom. The highest BCUT2D eigenvalue weighted by Crippen LogP contribution is 2.09. The number of aryl methyl sites for hydroxylation is 3. The average Bonchev–Trinajstić information content (AvgIpc) is 2.87. The Morgan fingerprint density at radius 1 is 1.21 bits per heavy atom. The van der Waals surface area contributed by atoms with Crippen molar-refractivity contribution < 1.29 is 13.9 Å². The maximum absolute atomic E-state index is 11.4. The van der Waals surface area contributed by atoms with Gasteiger partial charge in [0, 0.05) is 6.42 Å². The molecule has 0 saturated heterocycles. The van der Waals surface area contributed by atoms with Crippen LogP contribution in [0.5, 0.6) is 0 Å². The minimum atomic E-state index is -0.573. The minimum Gasteiger partial charge on any atom is -0.459 e. The number of aromatic nitrogens is 2. The summed E-state index contributed by atoms with van der Waals surface area (Å²) in [7, 11) is 0. The van der Waals surface area contributed by atoms with Crippen molar-refractivity contribution in [3.8, 4) is 0 Å². The van der Waals surface area contributed by atoms with Crippen molar-refractivity contribution in [1.29, 1.82) is 0 Å². The zero-order valence-electron chi connectivity index (χ0n) is 11.0. The van der Waals surface area contributed by atoms with Crippen LogP contribution in [0, 0.1) is 6.92 Å². The van der Waals surface area contributed by atoms with Crippen molar-refractivity contribution in [2.24, 2.45) is 0 Å². The highest BCUT2D eigenvalue weighted by atomic mass is 16.5. The van der Waals surface area contributed by atoms with E-state index in [2.05, 4.69) is 34.5 Å². The normalized spacial score (nSPS) is 10.4. The van der Waals surface area contributed by atoms with E-state index < -0.39 is 5.97 Å². The molecular weight excluding hydrogens is 244 g/mol. The molecule has 5 heteroatoms. The minimum absolute atomic E-state index is 0.0826. The van der Waals surface area contributed by atoms with Crippen molar-refractivity contribution in [3.63, 3.8) is 0 Å². The fraction of sp³-hybridized carbons (Fsp3) is 0.357. The van der Waals surface area contributed by atoms with E-state index >= 15 is 0 Å². The Balaban J connectivity index is 1.93. The van der Waals surface area contributed by atoms with Crippen LogP contribution < -0.4 is 0 Å². The fourth-order valence-corrected chi connectivity index (χ4v) is 1.64. The van der Waals surface area contributed by atoms with Gasteiger partial charge in [-0.3, -0.25) is 0 Å². The predicted octanol–water partition coefficient (Wildman–Crippen LogP) is 2.34. The van der Waals surface area contributed by atoms with Gasteiger partial charge < -0.3 is 9.15 Å². The molecule has 0 amide bonds. The summed E-state index contributed by atoms with van der Waals surface area (Å²) in [4.78, 5) is 11.4. The van der Waals surface area contributed by atoms with Crippen LogP contribution in [-0.2, 0) is 17.6 Å². The van der Waals surface area contributed by atoms with Gasteiger partial charge in [-0.25, -0.2) is 4.79 Å². The molecule has 1 aromatic heterocycles. The third kappa shape index (κ3) is 3.64. The summed E-state index contributed by atoms with van der Waals surface area (Å²) in [6.45, 7) is 4.07. The van der Waals surface area contributed by atoms with E-state index in [1.807, 2.05) is 6.92 Å². The lowest BCUT2D eigenvalue weighted by Crippen LogP contribution is -2.04. The molecule has 2 aromatic rings. The molecule has 0 bridgehead atoms. The van der Waals surface area contributed by atoms with Gasteiger partial charge in [-0.2, -0.15) is 0 Å². The largest absolute Gasteiger partial charge is 0.459 e. The number of esters is 1. The first-order chi connectivity index (χ1) is 9.19. The molecule has 0 saturated carbocycles. The third-order valence-corrected chi connectivity index (χ3v) is 2.67.